The Hall–Kier alpha value is -1.10. The minimum Gasteiger partial charge on any atom is -0.444 e. The summed E-state index contributed by atoms with van der Waals surface area (Å²) in [6, 6.07) is 0.0489. The lowest BCUT2D eigenvalue weighted by Gasteiger charge is -2.41. The smallest absolute Gasteiger partial charge is 0.408 e. The fourth-order valence-electron chi connectivity index (χ4n) is 2.90. The fraction of sp³-hybridized carbons (Fsp3) is 0.889. The summed E-state index contributed by atoms with van der Waals surface area (Å²) < 4.78 is 5.21. The molecule has 1 unspecified atom stereocenters. The third-order valence-corrected chi connectivity index (χ3v) is 4.55. The van der Waals surface area contributed by atoms with Crippen LogP contribution in [0, 0.1) is 5.41 Å². The number of Topliss-reactive ketones (excluding diaryl/α,β-unsaturated/α-hetero) is 1. The number of hydrogen-bond donors (Lipinski definition) is 1. The standard InChI is InChI=1S/C18H34N2O3/c1-13(2)20-10-8-18(7,9-11-20)12-15(21)14(3)19-16(22)23-17(4,5)6/h13-14H,8-12H2,1-7H3,(H,19,22). The topological polar surface area (TPSA) is 58.6 Å². The molecule has 1 aliphatic heterocycles. The average molecular weight is 326 g/mol. The highest BCUT2D eigenvalue weighted by Crippen LogP contribution is 2.35. The van der Waals surface area contributed by atoms with Crippen molar-refractivity contribution in [3.05, 3.63) is 0 Å². The van der Waals surface area contributed by atoms with Crippen LogP contribution in [0.3, 0.4) is 0 Å². The number of nitrogens with zero attached hydrogens (tertiary/aromatic N) is 1. The molecule has 0 aromatic heterocycles. The number of rotatable bonds is 5. The van der Waals surface area contributed by atoms with Crippen LogP contribution >= 0.6 is 0 Å². The molecule has 1 saturated heterocycles. The molecule has 0 aromatic rings. The van der Waals surface area contributed by atoms with E-state index in [1.54, 1.807) is 6.92 Å². The van der Waals surface area contributed by atoms with Gasteiger partial charge in [0.05, 0.1) is 6.04 Å². The summed E-state index contributed by atoms with van der Waals surface area (Å²) in [5.41, 5.74) is -0.519. The molecule has 134 valence electrons. The van der Waals surface area contributed by atoms with E-state index in [4.69, 9.17) is 4.74 Å². The van der Waals surface area contributed by atoms with Gasteiger partial charge in [-0.2, -0.15) is 0 Å². The molecule has 1 fully saturated rings. The van der Waals surface area contributed by atoms with Gasteiger partial charge in [0.25, 0.3) is 0 Å². The number of ether oxygens (including phenoxy) is 1. The van der Waals surface area contributed by atoms with E-state index in [0.29, 0.717) is 12.5 Å². The van der Waals surface area contributed by atoms with Crippen molar-refractivity contribution in [3.8, 4) is 0 Å². The molecule has 0 aliphatic carbocycles. The summed E-state index contributed by atoms with van der Waals surface area (Å²) in [5, 5.41) is 2.65. The summed E-state index contributed by atoms with van der Waals surface area (Å²) in [5.74, 6) is 0.0800. The predicted octanol–water partition coefficient (Wildman–Crippen LogP) is 3.37. The van der Waals surface area contributed by atoms with E-state index in [-0.39, 0.29) is 11.2 Å². The van der Waals surface area contributed by atoms with Crippen LogP contribution < -0.4 is 5.32 Å². The monoisotopic (exact) mass is 326 g/mol. The first kappa shape index (κ1) is 19.9. The van der Waals surface area contributed by atoms with E-state index in [1.807, 2.05) is 20.8 Å². The summed E-state index contributed by atoms with van der Waals surface area (Å²) in [6.45, 7) is 15.8. The van der Waals surface area contributed by atoms with Gasteiger partial charge in [0.15, 0.2) is 5.78 Å². The molecule has 1 atom stereocenters. The molecule has 0 aromatic carbocycles. The number of piperidine rings is 1. The first-order chi connectivity index (χ1) is 10.4. The van der Waals surface area contributed by atoms with Gasteiger partial charge in [-0.1, -0.05) is 6.92 Å². The zero-order valence-corrected chi connectivity index (χ0v) is 15.9. The van der Waals surface area contributed by atoms with Gasteiger partial charge in [-0.25, -0.2) is 4.79 Å². The Kier molecular flexibility index (Phi) is 6.63. The minimum absolute atomic E-state index is 0.0341. The van der Waals surface area contributed by atoms with Crippen LogP contribution in [-0.2, 0) is 9.53 Å². The van der Waals surface area contributed by atoms with E-state index in [0.717, 1.165) is 25.9 Å². The number of alkyl carbamates (subject to hydrolysis) is 1. The summed E-state index contributed by atoms with van der Waals surface area (Å²) in [7, 11) is 0. The Morgan fingerprint density at radius 2 is 1.70 bits per heavy atom. The van der Waals surface area contributed by atoms with Crippen LogP contribution in [0.1, 0.15) is 67.7 Å². The van der Waals surface area contributed by atoms with Crippen molar-refractivity contribution in [2.45, 2.75) is 85.4 Å². The molecule has 23 heavy (non-hydrogen) atoms. The molecular formula is C18H34N2O3. The number of nitrogens with one attached hydrogen (secondary N) is 1. The van der Waals surface area contributed by atoms with E-state index in [1.165, 1.54) is 0 Å². The maximum atomic E-state index is 12.4. The van der Waals surface area contributed by atoms with Crippen molar-refractivity contribution in [2.24, 2.45) is 5.41 Å². The first-order valence-electron chi connectivity index (χ1n) is 8.68. The molecule has 1 amide bonds. The van der Waals surface area contributed by atoms with E-state index >= 15 is 0 Å². The average Bonchev–Trinajstić information content (AvgIpc) is 2.36. The third-order valence-electron chi connectivity index (χ3n) is 4.55. The molecule has 0 spiro atoms. The van der Waals surface area contributed by atoms with Crippen molar-refractivity contribution in [3.63, 3.8) is 0 Å². The number of carbonyl (C=O) groups excluding carboxylic acids is 2. The van der Waals surface area contributed by atoms with Crippen molar-refractivity contribution in [1.29, 1.82) is 0 Å². The fourth-order valence-corrected chi connectivity index (χ4v) is 2.90. The van der Waals surface area contributed by atoms with Crippen LogP contribution in [0.25, 0.3) is 0 Å². The number of hydrogen-bond acceptors (Lipinski definition) is 4. The Balaban J connectivity index is 2.47. The van der Waals surface area contributed by atoms with Crippen LogP contribution in [0.5, 0.6) is 0 Å². The zero-order chi connectivity index (χ0) is 17.8. The van der Waals surface area contributed by atoms with Crippen molar-refractivity contribution < 1.29 is 14.3 Å². The molecule has 0 radical (unpaired) electrons. The molecule has 1 heterocycles. The van der Waals surface area contributed by atoms with Gasteiger partial charge in [0.1, 0.15) is 5.60 Å². The Morgan fingerprint density at radius 1 is 1.17 bits per heavy atom. The minimum atomic E-state index is -0.553. The Labute approximate surface area is 141 Å². The van der Waals surface area contributed by atoms with Gasteiger partial charge < -0.3 is 15.0 Å². The highest BCUT2D eigenvalue weighted by atomic mass is 16.6. The van der Waals surface area contributed by atoms with Gasteiger partial charge in [-0.05, 0) is 72.9 Å². The quantitative estimate of drug-likeness (QED) is 0.841. The highest BCUT2D eigenvalue weighted by molar-refractivity contribution is 5.87. The molecular weight excluding hydrogens is 292 g/mol. The van der Waals surface area contributed by atoms with Gasteiger partial charge in [0, 0.05) is 12.5 Å². The number of likely N-dealkylation sites (tertiary alicyclic amines) is 1. The Morgan fingerprint density at radius 3 is 2.13 bits per heavy atom. The van der Waals surface area contributed by atoms with Crippen LogP contribution in [0.15, 0.2) is 0 Å². The van der Waals surface area contributed by atoms with Gasteiger partial charge in [0.2, 0.25) is 0 Å². The van der Waals surface area contributed by atoms with Crippen LogP contribution in [-0.4, -0.2) is 47.6 Å². The van der Waals surface area contributed by atoms with Crippen molar-refractivity contribution >= 4 is 11.9 Å². The number of carbonyl (C=O) groups is 2. The summed E-state index contributed by atoms with van der Waals surface area (Å²) in [4.78, 5) is 26.7. The second-order valence-corrected chi connectivity index (χ2v) is 8.45. The van der Waals surface area contributed by atoms with Gasteiger partial charge in [-0.3, -0.25) is 4.79 Å². The lowest BCUT2D eigenvalue weighted by molar-refractivity contribution is -0.123. The van der Waals surface area contributed by atoms with Crippen molar-refractivity contribution in [2.75, 3.05) is 13.1 Å². The maximum Gasteiger partial charge on any atom is 0.408 e. The van der Waals surface area contributed by atoms with Gasteiger partial charge in [-0.15, -0.1) is 0 Å². The molecule has 0 bridgehead atoms. The normalized spacial score (nSPS) is 20.2. The zero-order valence-electron chi connectivity index (χ0n) is 15.9. The largest absolute Gasteiger partial charge is 0.444 e. The molecule has 1 N–H and O–H groups in total. The first-order valence-corrected chi connectivity index (χ1v) is 8.68. The molecule has 5 heteroatoms. The lowest BCUT2D eigenvalue weighted by Crippen LogP contribution is -2.46. The Bertz CT molecular complexity index is 418. The molecule has 0 saturated carbocycles. The van der Waals surface area contributed by atoms with E-state index < -0.39 is 17.7 Å². The lowest BCUT2D eigenvalue weighted by atomic mass is 9.75. The predicted molar refractivity (Wildman–Crippen MR) is 92.5 cm³/mol. The van der Waals surface area contributed by atoms with Gasteiger partial charge >= 0.3 is 6.09 Å². The van der Waals surface area contributed by atoms with Crippen LogP contribution in [0.4, 0.5) is 4.79 Å². The molecule has 1 rings (SSSR count). The van der Waals surface area contributed by atoms with Crippen molar-refractivity contribution in [1.82, 2.24) is 10.2 Å². The van der Waals surface area contributed by atoms with E-state index in [2.05, 4.69) is 31.0 Å². The summed E-state index contributed by atoms with van der Waals surface area (Å²) >= 11 is 0. The number of ketones is 1. The highest BCUT2D eigenvalue weighted by Gasteiger charge is 2.34. The second-order valence-electron chi connectivity index (χ2n) is 8.45. The molecule has 5 nitrogen and oxygen atoms in total. The summed E-state index contributed by atoms with van der Waals surface area (Å²) in [6.07, 6.45) is 2.03. The SMILES string of the molecule is CC(NC(=O)OC(C)(C)C)C(=O)CC1(C)CCN(C(C)C)CC1. The van der Waals surface area contributed by atoms with Crippen LogP contribution in [0.2, 0.25) is 0 Å². The third kappa shape index (κ3) is 6.90. The van der Waals surface area contributed by atoms with E-state index in [9.17, 15) is 9.59 Å². The molecule has 1 aliphatic rings. The maximum absolute atomic E-state index is 12.4. The second kappa shape index (κ2) is 7.65. The number of amides is 1.